The molecule has 0 saturated heterocycles. The topological polar surface area (TPSA) is 77.0 Å². The highest BCUT2D eigenvalue weighted by molar-refractivity contribution is 6.05. The van der Waals surface area contributed by atoms with E-state index in [0.717, 1.165) is 22.5 Å². The first-order chi connectivity index (χ1) is 14.4. The third-order valence-corrected chi connectivity index (χ3v) is 6.15. The number of carbonyl (C=O) groups excluding carboxylic acids is 2. The van der Waals surface area contributed by atoms with Gasteiger partial charge in [0.2, 0.25) is 0 Å². The van der Waals surface area contributed by atoms with E-state index in [4.69, 9.17) is 9.47 Å². The Balaban J connectivity index is 1.99. The number of carbonyl (C=O) groups is 2. The average molecular weight is 404 g/mol. The summed E-state index contributed by atoms with van der Waals surface area (Å²) >= 11 is 0. The summed E-state index contributed by atoms with van der Waals surface area (Å²) in [4.78, 5) is 30.6. The fraction of sp³-hybridized carbons (Fsp3) is 0.292. The maximum absolute atomic E-state index is 13.1. The standard InChI is InChI=1S/C24H24N2O4/c1-14-15-9-5-7-11-17(15)26-21(20(23(28)30-4)19(14)22(27)29-3)24(2)13-25-18-12-8-6-10-16(18)24/h5-13,20-21,26H,1-4H3. The molecule has 3 unspecified atom stereocenters. The van der Waals surface area contributed by atoms with Crippen LogP contribution in [0, 0.1) is 5.92 Å². The van der Waals surface area contributed by atoms with Crippen LogP contribution in [0.1, 0.15) is 25.0 Å². The van der Waals surface area contributed by atoms with Crippen molar-refractivity contribution in [1.29, 1.82) is 0 Å². The van der Waals surface area contributed by atoms with Crippen LogP contribution in [0.2, 0.25) is 0 Å². The lowest BCUT2D eigenvalue weighted by atomic mass is 9.70. The van der Waals surface area contributed by atoms with Gasteiger partial charge in [-0.3, -0.25) is 9.79 Å². The molecular formula is C24H24N2O4. The van der Waals surface area contributed by atoms with Crippen LogP contribution < -0.4 is 5.32 Å². The molecule has 6 heteroatoms. The number of hydrogen-bond donors (Lipinski definition) is 1. The van der Waals surface area contributed by atoms with Crippen LogP contribution in [0.25, 0.3) is 5.57 Å². The smallest absolute Gasteiger partial charge is 0.334 e. The van der Waals surface area contributed by atoms with Gasteiger partial charge in [-0.25, -0.2) is 4.79 Å². The summed E-state index contributed by atoms with van der Waals surface area (Å²) < 4.78 is 10.3. The van der Waals surface area contributed by atoms with E-state index in [1.165, 1.54) is 14.2 Å². The number of benzene rings is 2. The third-order valence-electron chi connectivity index (χ3n) is 6.15. The fourth-order valence-corrected chi connectivity index (χ4v) is 4.56. The van der Waals surface area contributed by atoms with Gasteiger partial charge in [0, 0.05) is 17.5 Å². The number of para-hydroxylation sites is 2. The lowest BCUT2D eigenvalue weighted by molar-refractivity contribution is -0.148. The number of fused-ring (bicyclic) bond motifs is 2. The largest absolute Gasteiger partial charge is 0.468 e. The lowest BCUT2D eigenvalue weighted by Crippen LogP contribution is -2.51. The number of esters is 2. The van der Waals surface area contributed by atoms with Crippen molar-refractivity contribution in [2.45, 2.75) is 25.3 Å². The van der Waals surface area contributed by atoms with Gasteiger partial charge < -0.3 is 14.8 Å². The SMILES string of the molecule is COC(=O)C1=C(C)c2ccccc2NC(C2(C)C=Nc3ccccc32)C1C(=O)OC. The quantitative estimate of drug-likeness (QED) is 0.786. The number of methoxy groups -OCH3 is 2. The zero-order valence-corrected chi connectivity index (χ0v) is 17.4. The molecule has 2 aliphatic rings. The van der Waals surface area contributed by atoms with E-state index in [1.807, 2.05) is 68.6 Å². The normalized spacial score (nSPS) is 24.4. The van der Waals surface area contributed by atoms with E-state index in [-0.39, 0.29) is 0 Å². The van der Waals surface area contributed by atoms with Gasteiger partial charge in [-0.1, -0.05) is 36.4 Å². The summed E-state index contributed by atoms with van der Waals surface area (Å²) in [5, 5.41) is 3.55. The van der Waals surface area contributed by atoms with Crippen molar-refractivity contribution in [2.75, 3.05) is 19.5 Å². The molecule has 0 bridgehead atoms. The molecule has 0 saturated carbocycles. The van der Waals surface area contributed by atoms with Crippen molar-refractivity contribution in [3.8, 4) is 0 Å². The Hall–Kier alpha value is -3.41. The van der Waals surface area contributed by atoms with Crippen molar-refractivity contribution >= 4 is 35.1 Å². The van der Waals surface area contributed by atoms with E-state index in [9.17, 15) is 9.59 Å². The third kappa shape index (κ3) is 2.91. The van der Waals surface area contributed by atoms with Crippen molar-refractivity contribution in [2.24, 2.45) is 10.9 Å². The molecule has 0 amide bonds. The zero-order valence-electron chi connectivity index (χ0n) is 17.4. The predicted molar refractivity (Wildman–Crippen MR) is 116 cm³/mol. The molecule has 3 atom stereocenters. The van der Waals surface area contributed by atoms with Gasteiger partial charge in [-0.05, 0) is 37.1 Å². The molecule has 0 aliphatic carbocycles. The number of nitrogens with zero attached hydrogens (tertiary/aromatic N) is 1. The van der Waals surface area contributed by atoms with Gasteiger partial charge in [-0.15, -0.1) is 0 Å². The minimum Gasteiger partial charge on any atom is -0.468 e. The molecule has 2 heterocycles. The molecule has 4 rings (SSSR count). The molecule has 2 aromatic rings. The second kappa shape index (κ2) is 7.44. The van der Waals surface area contributed by atoms with Crippen LogP contribution in [0.4, 0.5) is 11.4 Å². The number of aliphatic imine (C=N–C) groups is 1. The minimum atomic E-state index is -0.891. The molecule has 0 aromatic heterocycles. The first-order valence-electron chi connectivity index (χ1n) is 9.80. The van der Waals surface area contributed by atoms with Crippen LogP contribution in [-0.4, -0.2) is 38.4 Å². The molecule has 0 fully saturated rings. The first kappa shape index (κ1) is 19.9. The Kier molecular flexibility index (Phi) is 4.94. The second-order valence-corrected chi connectivity index (χ2v) is 7.76. The molecular weight excluding hydrogens is 380 g/mol. The van der Waals surface area contributed by atoms with Crippen molar-refractivity contribution in [3.05, 3.63) is 65.2 Å². The highest BCUT2D eigenvalue weighted by atomic mass is 16.5. The van der Waals surface area contributed by atoms with E-state index >= 15 is 0 Å². The monoisotopic (exact) mass is 404 g/mol. The summed E-state index contributed by atoms with van der Waals surface area (Å²) in [6.07, 6.45) is 1.85. The van der Waals surface area contributed by atoms with Gasteiger partial charge in [0.15, 0.2) is 0 Å². The molecule has 2 aromatic carbocycles. The molecule has 0 radical (unpaired) electrons. The summed E-state index contributed by atoms with van der Waals surface area (Å²) in [7, 11) is 2.66. The number of ether oxygens (including phenoxy) is 2. The second-order valence-electron chi connectivity index (χ2n) is 7.76. The minimum absolute atomic E-state index is 0.297. The van der Waals surface area contributed by atoms with Gasteiger partial charge in [0.25, 0.3) is 0 Å². The summed E-state index contributed by atoms with van der Waals surface area (Å²) in [5.74, 6) is -1.94. The van der Waals surface area contributed by atoms with Gasteiger partial charge >= 0.3 is 11.9 Å². The number of hydrogen-bond acceptors (Lipinski definition) is 6. The van der Waals surface area contributed by atoms with Crippen LogP contribution in [0.3, 0.4) is 0 Å². The Bertz CT molecular complexity index is 1090. The first-order valence-corrected chi connectivity index (χ1v) is 9.80. The average Bonchev–Trinajstić information content (AvgIpc) is 3.05. The van der Waals surface area contributed by atoms with Crippen molar-refractivity contribution < 1.29 is 19.1 Å². The van der Waals surface area contributed by atoms with E-state index in [0.29, 0.717) is 11.1 Å². The maximum atomic E-state index is 13.1. The van der Waals surface area contributed by atoms with Crippen LogP contribution >= 0.6 is 0 Å². The summed E-state index contributed by atoms with van der Waals surface area (Å²) in [5.41, 5.74) is 3.85. The Labute approximate surface area is 175 Å². The zero-order chi connectivity index (χ0) is 21.5. The number of anilines is 1. The number of rotatable bonds is 3. The number of allylic oxidation sites excluding steroid dienone is 1. The van der Waals surface area contributed by atoms with E-state index < -0.39 is 29.3 Å². The van der Waals surface area contributed by atoms with Gasteiger partial charge in [0.1, 0.15) is 5.92 Å². The molecule has 30 heavy (non-hydrogen) atoms. The molecule has 6 nitrogen and oxygen atoms in total. The lowest BCUT2D eigenvalue weighted by Gasteiger charge is -2.38. The van der Waals surface area contributed by atoms with Crippen molar-refractivity contribution in [1.82, 2.24) is 0 Å². The highest BCUT2D eigenvalue weighted by Crippen LogP contribution is 2.46. The van der Waals surface area contributed by atoms with E-state index in [2.05, 4.69) is 10.3 Å². The molecule has 1 N–H and O–H groups in total. The molecule has 154 valence electrons. The van der Waals surface area contributed by atoms with Crippen molar-refractivity contribution in [3.63, 3.8) is 0 Å². The van der Waals surface area contributed by atoms with Gasteiger partial charge in [0.05, 0.1) is 36.9 Å². The van der Waals surface area contributed by atoms with Gasteiger partial charge in [-0.2, -0.15) is 0 Å². The van der Waals surface area contributed by atoms with Crippen LogP contribution in [0.5, 0.6) is 0 Å². The predicted octanol–water partition coefficient (Wildman–Crippen LogP) is 3.89. The number of nitrogens with one attached hydrogen (secondary N) is 1. The fourth-order valence-electron chi connectivity index (χ4n) is 4.56. The maximum Gasteiger partial charge on any atom is 0.334 e. The molecule has 0 spiro atoms. The molecule has 2 aliphatic heterocycles. The van der Waals surface area contributed by atoms with Crippen LogP contribution in [0.15, 0.2) is 59.1 Å². The Morgan fingerprint density at radius 3 is 2.47 bits per heavy atom. The Morgan fingerprint density at radius 1 is 1.03 bits per heavy atom. The highest BCUT2D eigenvalue weighted by Gasteiger charge is 2.50. The summed E-state index contributed by atoms with van der Waals surface area (Å²) in [6.45, 7) is 3.86. The summed E-state index contributed by atoms with van der Waals surface area (Å²) in [6, 6.07) is 15.0. The van der Waals surface area contributed by atoms with E-state index in [1.54, 1.807) is 0 Å². The van der Waals surface area contributed by atoms with Crippen LogP contribution in [-0.2, 0) is 24.5 Å². The Morgan fingerprint density at radius 2 is 1.73 bits per heavy atom.